The third kappa shape index (κ3) is 5.38. The SMILES string of the molecule is FC(F)(F)SNCC1CCCNC1. The van der Waals surface area contributed by atoms with E-state index in [1.54, 1.807) is 0 Å². The lowest BCUT2D eigenvalue weighted by atomic mass is 10.0. The van der Waals surface area contributed by atoms with E-state index >= 15 is 0 Å². The highest BCUT2D eigenvalue weighted by molar-refractivity contribution is 7.98. The second kappa shape index (κ2) is 5.07. The predicted octanol–water partition coefficient (Wildman–Crippen LogP) is 1.74. The largest absolute Gasteiger partial charge is 0.456 e. The van der Waals surface area contributed by atoms with Crippen LogP contribution < -0.4 is 10.0 Å². The van der Waals surface area contributed by atoms with Gasteiger partial charge in [-0.15, -0.1) is 0 Å². The molecule has 1 rings (SSSR count). The molecule has 1 unspecified atom stereocenters. The van der Waals surface area contributed by atoms with Gasteiger partial charge in [-0.25, -0.2) is 0 Å². The fourth-order valence-corrected chi connectivity index (χ4v) is 1.82. The summed E-state index contributed by atoms with van der Waals surface area (Å²) in [6, 6.07) is 0. The molecule has 0 amide bonds. The van der Waals surface area contributed by atoms with Gasteiger partial charge in [0.05, 0.1) is 0 Å². The highest BCUT2D eigenvalue weighted by Crippen LogP contribution is 2.27. The molecule has 0 spiro atoms. The maximum absolute atomic E-state index is 11.7. The summed E-state index contributed by atoms with van der Waals surface area (Å²) in [5, 5.41) is 3.15. The van der Waals surface area contributed by atoms with Crippen molar-refractivity contribution >= 4 is 11.9 Å². The van der Waals surface area contributed by atoms with Gasteiger partial charge < -0.3 is 5.32 Å². The summed E-state index contributed by atoms with van der Waals surface area (Å²) in [5.41, 5.74) is -4.16. The highest BCUT2D eigenvalue weighted by atomic mass is 32.2. The molecule has 78 valence electrons. The summed E-state index contributed by atoms with van der Waals surface area (Å²) >= 11 is -0.151. The third-order valence-electron chi connectivity index (χ3n) is 1.96. The van der Waals surface area contributed by atoms with Crippen LogP contribution in [0, 0.1) is 5.92 Å². The van der Waals surface area contributed by atoms with Crippen LogP contribution in [-0.4, -0.2) is 25.1 Å². The van der Waals surface area contributed by atoms with Gasteiger partial charge in [-0.1, -0.05) is 0 Å². The van der Waals surface area contributed by atoms with E-state index in [2.05, 4.69) is 10.0 Å². The van der Waals surface area contributed by atoms with Gasteiger partial charge in [0.15, 0.2) is 0 Å². The first-order chi connectivity index (χ1) is 6.08. The molecule has 0 aromatic carbocycles. The zero-order valence-electron chi connectivity index (χ0n) is 7.16. The maximum atomic E-state index is 11.7. The second-order valence-corrected chi connectivity index (χ2v) is 4.06. The zero-order chi connectivity index (χ0) is 9.73. The van der Waals surface area contributed by atoms with Crippen LogP contribution in [0.15, 0.2) is 0 Å². The van der Waals surface area contributed by atoms with Crippen LogP contribution in [0.25, 0.3) is 0 Å². The fourth-order valence-electron chi connectivity index (χ4n) is 1.34. The minimum absolute atomic E-state index is 0.151. The van der Waals surface area contributed by atoms with Crippen molar-refractivity contribution in [3.05, 3.63) is 0 Å². The maximum Gasteiger partial charge on any atom is 0.456 e. The second-order valence-electron chi connectivity index (χ2n) is 3.11. The zero-order valence-corrected chi connectivity index (χ0v) is 7.97. The van der Waals surface area contributed by atoms with Crippen molar-refractivity contribution in [1.29, 1.82) is 0 Å². The molecule has 0 saturated carbocycles. The van der Waals surface area contributed by atoms with Gasteiger partial charge in [-0.3, -0.25) is 4.72 Å². The first-order valence-corrected chi connectivity index (χ1v) is 5.08. The number of piperidine rings is 1. The van der Waals surface area contributed by atoms with Gasteiger partial charge in [-0.2, -0.15) is 13.2 Å². The first kappa shape index (κ1) is 11.1. The molecule has 1 heterocycles. The lowest BCUT2D eigenvalue weighted by Gasteiger charge is -2.22. The van der Waals surface area contributed by atoms with Crippen LogP contribution in [0.4, 0.5) is 13.2 Å². The third-order valence-corrected chi connectivity index (χ3v) is 2.50. The molecular weight excluding hydrogens is 201 g/mol. The van der Waals surface area contributed by atoms with Crippen molar-refractivity contribution < 1.29 is 13.2 Å². The van der Waals surface area contributed by atoms with E-state index in [1.807, 2.05) is 0 Å². The number of halogens is 3. The first-order valence-electron chi connectivity index (χ1n) is 4.26. The van der Waals surface area contributed by atoms with Crippen molar-refractivity contribution in [3.8, 4) is 0 Å². The molecule has 1 fully saturated rings. The average Bonchev–Trinajstić information content (AvgIpc) is 2.04. The molecule has 0 aromatic heterocycles. The van der Waals surface area contributed by atoms with Gasteiger partial charge in [0.2, 0.25) is 0 Å². The summed E-state index contributed by atoms with van der Waals surface area (Å²) in [6.07, 6.45) is 2.07. The van der Waals surface area contributed by atoms with Crippen LogP contribution in [0.2, 0.25) is 0 Å². The Morgan fingerprint density at radius 3 is 2.77 bits per heavy atom. The van der Waals surface area contributed by atoms with Gasteiger partial charge in [0.1, 0.15) is 0 Å². The van der Waals surface area contributed by atoms with Crippen LogP contribution in [-0.2, 0) is 0 Å². The van der Waals surface area contributed by atoms with Crippen LogP contribution in [0.3, 0.4) is 0 Å². The summed E-state index contributed by atoms with van der Waals surface area (Å²) < 4.78 is 37.4. The number of hydrogen-bond acceptors (Lipinski definition) is 3. The van der Waals surface area contributed by atoms with Gasteiger partial charge in [0, 0.05) is 18.5 Å². The Hall–Kier alpha value is 0.0600. The Balaban J connectivity index is 2.04. The number of hydrogen-bond donors (Lipinski definition) is 2. The van der Waals surface area contributed by atoms with Crippen molar-refractivity contribution in [2.24, 2.45) is 5.92 Å². The quantitative estimate of drug-likeness (QED) is 0.700. The Morgan fingerprint density at radius 2 is 2.23 bits per heavy atom. The molecule has 0 bridgehead atoms. The van der Waals surface area contributed by atoms with Gasteiger partial charge in [0.25, 0.3) is 0 Å². The predicted molar refractivity (Wildman–Crippen MR) is 47.2 cm³/mol. The summed E-state index contributed by atoms with van der Waals surface area (Å²) in [6.45, 7) is 2.24. The molecule has 0 aliphatic carbocycles. The number of nitrogens with one attached hydrogen (secondary N) is 2. The molecule has 13 heavy (non-hydrogen) atoms. The Bertz CT molecular complexity index is 145. The lowest BCUT2D eigenvalue weighted by molar-refractivity contribution is -0.0336. The molecule has 1 aliphatic rings. The molecule has 0 radical (unpaired) electrons. The van der Waals surface area contributed by atoms with Crippen LogP contribution in [0.1, 0.15) is 12.8 Å². The van der Waals surface area contributed by atoms with Gasteiger partial charge >= 0.3 is 5.51 Å². The minimum atomic E-state index is -4.16. The Labute approximate surface area is 79.8 Å². The topological polar surface area (TPSA) is 24.1 Å². The fraction of sp³-hybridized carbons (Fsp3) is 1.00. The normalized spacial score (nSPS) is 24.7. The van der Waals surface area contributed by atoms with Crippen LogP contribution in [0.5, 0.6) is 0 Å². The van der Waals surface area contributed by atoms with E-state index in [4.69, 9.17) is 0 Å². The van der Waals surface area contributed by atoms with E-state index < -0.39 is 5.51 Å². The Morgan fingerprint density at radius 1 is 1.46 bits per heavy atom. The number of alkyl halides is 3. The number of rotatable bonds is 3. The average molecular weight is 214 g/mol. The molecule has 1 atom stereocenters. The van der Waals surface area contributed by atoms with Gasteiger partial charge in [-0.05, 0) is 31.8 Å². The summed E-state index contributed by atoms with van der Waals surface area (Å²) in [4.78, 5) is 0. The molecule has 1 saturated heterocycles. The lowest BCUT2D eigenvalue weighted by Crippen LogP contribution is -2.35. The van der Waals surface area contributed by atoms with E-state index in [9.17, 15) is 13.2 Å². The smallest absolute Gasteiger partial charge is 0.316 e. The monoisotopic (exact) mass is 214 g/mol. The molecular formula is C7H13F3N2S. The standard InChI is InChI=1S/C7H13F3N2S/c8-7(9,10)13-12-5-6-2-1-3-11-4-6/h6,11-12H,1-5H2. The molecule has 0 aromatic rings. The molecule has 6 heteroatoms. The molecule has 2 nitrogen and oxygen atoms in total. The Kier molecular flexibility index (Phi) is 4.34. The summed E-state index contributed by atoms with van der Waals surface area (Å²) in [5.74, 6) is 0.337. The van der Waals surface area contributed by atoms with Crippen LogP contribution >= 0.6 is 11.9 Å². The van der Waals surface area contributed by atoms with Crippen molar-refractivity contribution in [3.63, 3.8) is 0 Å². The minimum Gasteiger partial charge on any atom is -0.316 e. The van der Waals surface area contributed by atoms with E-state index in [0.717, 1.165) is 25.9 Å². The van der Waals surface area contributed by atoms with Crippen molar-refractivity contribution in [2.75, 3.05) is 19.6 Å². The van der Waals surface area contributed by atoms with E-state index in [1.165, 1.54) is 0 Å². The van der Waals surface area contributed by atoms with E-state index in [-0.39, 0.29) is 11.9 Å². The van der Waals surface area contributed by atoms with Crippen molar-refractivity contribution in [1.82, 2.24) is 10.0 Å². The highest BCUT2D eigenvalue weighted by Gasteiger charge is 2.28. The molecule has 2 N–H and O–H groups in total. The van der Waals surface area contributed by atoms with Crippen molar-refractivity contribution in [2.45, 2.75) is 18.3 Å². The molecule has 1 aliphatic heterocycles. The summed E-state index contributed by atoms with van der Waals surface area (Å²) in [7, 11) is 0. The van der Waals surface area contributed by atoms with E-state index in [0.29, 0.717) is 12.5 Å².